The largest absolute Gasteiger partial charge is 0.344 e. The highest BCUT2D eigenvalue weighted by molar-refractivity contribution is 5.88. The van der Waals surface area contributed by atoms with Gasteiger partial charge >= 0.3 is 0 Å². The van der Waals surface area contributed by atoms with Gasteiger partial charge in [-0.15, -0.1) is 0 Å². The number of benzene rings is 1. The van der Waals surface area contributed by atoms with Gasteiger partial charge in [-0.3, -0.25) is 0 Å². The third-order valence-electron chi connectivity index (χ3n) is 4.34. The average Bonchev–Trinajstić information content (AvgIpc) is 2.67. The summed E-state index contributed by atoms with van der Waals surface area (Å²) >= 11 is 0. The molecule has 0 spiro atoms. The molecule has 1 aliphatic heterocycles. The molecule has 0 amide bonds. The highest BCUT2D eigenvalue weighted by Gasteiger charge is 2.20. The normalized spacial score (nSPS) is 16.2. The van der Waals surface area contributed by atoms with Gasteiger partial charge in [0.25, 0.3) is 0 Å². The number of rotatable bonds is 3. The van der Waals surface area contributed by atoms with Gasteiger partial charge in [0.15, 0.2) is 0 Å². The van der Waals surface area contributed by atoms with Crippen LogP contribution in [0.15, 0.2) is 18.2 Å². The number of nitrogens with zero attached hydrogens (tertiary/aromatic N) is 1. The van der Waals surface area contributed by atoms with Gasteiger partial charge in [0, 0.05) is 17.6 Å². The van der Waals surface area contributed by atoms with Crippen molar-refractivity contribution in [1.82, 2.24) is 4.57 Å². The Morgan fingerprint density at radius 3 is 3.00 bits per heavy atom. The van der Waals surface area contributed by atoms with Crippen LogP contribution in [0.4, 0.5) is 0 Å². The minimum absolute atomic E-state index is 0.562. The monoisotopic (exact) mass is 242 g/mol. The molecule has 2 heteroatoms. The number of aromatic nitrogens is 1. The van der Waals surface area contributed by atoms with Crippen molar-refractivity contribution < 1.29 is 0 Å². The van der Waals surface area contributed by atoms with Crippen LogP contribution in [0.3, 0.4) is 0 Å². The molecule has 3 rings (SSSR count). The van der Waals surface area contributed by atoms with E-state index in [1.54, 1.807) is 0 Å². The van der Waals surface area contributed by atoms with Crippen LogP contribution in [-0.4, -0.2) is 11.1 Å². The topological polar surface area (TPSA) is 30.9 Å². The SMILES string of the molecule is Cc1c(CC(C)CN)c2cccc3c2n1CCC3. The Hall–Kier alpha value is -1.28. The maximum absolute atomic E-state index is 5.79. The predicted molar refractivity (Wildman–Crippen MR) is 76.9 cm³/mol. The van der Waals surface area contributed by atoms with Gasteiger partial charge in [0.05, 0.1) is 5.52 Å². The fourth-order valence-corrected chi connectivity index (χ4v) is 3.28. The molecule has 0 saturated carbocycles. The minimum Gasteiger partial charge on any atom is -0.344 e. The van der Waals surface area contributed by atoms with Gasteiger partial charge in [-0.05, 0) is 49.8 Å². The number of para-hydroxylation sites is 1. The second kappa shape index (κ2) is 4.43. The van der Waals surface area contributed by atoms with E-state index in [4.69, 9.17) is 5.73 Å². The van der Waals surface area contributed by atoms with Crippen molar-refractivity contribution in [2.45, 2.75) is 39.7 Å². The first-order valence-corrected chi connectivity index (χ1v) is 7.02. The van der Waals surface area contributed by atoms with E-state index in [1.165, 1.54) is 47.1 Å². The number of aryl methyl sites for hydroxylation is 2. The molecule has 1 aromatic carbocycles. The first kappa shape index (κ1) is 11.8. The quantitative estimate of drug-likeness (QED) is 0.881. The van der Waals surface area contributed by atoms with Crippen LogP contribution in [0.5, 0.6) is 0 Å². The van der Waals surface area contributed by atoms with E-state index in [0.29, 0.717) is 5.92 Å². The van der Waals surface area contributed by atoms with Crippen molar-refractivity contribution in [1.29, 1.82) is 0 Å². The van der Waals surface area contributed by atoms with Crippen LogP contribution >= 0.6 is 0 Å². The van der Waals surface area contributed by atoms with Crippen LogP contribution in [-0.2, 0) is 19.4 Å². The van der Waals surface area contributed by atoms with Crippen molar-refractivity contribution in [3.63, 3.8) is 0 Å². The highest BCUT2D eigenvalue weighted by atomic mass is 15.0. The van der Waals surface area contributed by atoms with E-state index in [2.05, 4.69) is 36.6 Å². The molecule has 2 N–H and O–H groups in total. The lowest BCUT2D eigenvalue weighted by atomic mass is 9.97. The number of nitrogens with two attached hydrogens (primary N) is 1. The lowest BCUT2D eigenvalue weighted by Gasteiger charge is -2.16. The van der Waals surface area contributed by atoms with Gasteiger partial charge in [-0.1, -0.05) is 25.1 Å². The van der Waals surface area contributed by atoms with Crippen LogP contribution in [0.1, 0.15) is 30.2 Å². The van der Waals surface area contributed by atoms with Crippen LogP contribution in [0.25, 0.3) is 10.9 Å². The number of hydrogen-bond donors (Lipinski definition) is 1. The molecule has 2 aromatic rings. The van der Waals surface area contributed by atoms with E-state index < -0.39 is 0 Å². The summed E-state index contributed by atoms with van der Waals surface area (Å²) in [6.45, 7) is 6.46. The van der Waals surface area contributed by atoms with Gasteiger partial charge in [0.2, 0.25) is 0 Å². The Labute approximate surface area is 109 Å². The first-order chi connectivity index (χ1) is 8.72. The Morgan fingerprint density at radius 1 is 1.39 bits per heavy atom. The zero-order chi connectivity index (χ0) is 12.7. The Bertz CT molecular complexity index is 580. The Kier molecular flexibility index (Phi) is 2.90. The van der Waals surface area contributed by atoms with Crippen molar-refractivity contribution in [2.24, 2.45) is 11.7 Å². The molecule has 0 saturated heterocycles. The van der Waals surface area contributed by atoms with E-state index in [1.807, 2.05) is 0 Å². The standard InChI is InChI=1S/C16H22N2/c1-11(10-17)9-15-12(2)18-8-4-6-13-5-3-7-14(15)16(13)18/h3,5,7,11H,4,6,8-10,17H2,1-2H3. The van der Waals surface area contributed by atoms with Gasteiger partial charge < -0.3 is 10.3 Å². The maximum Gasteiger partial charge on any atom is 0.0517 e. The van der Waals surface area contributed by atoms with E-state index >= 15 is 0 Å². The highest BCUT2D eigenvalue weighted by Crippen LogP contribution is 2.33. The first-order valence-electron chi connectivity index (χ1n) is 7.02. The molecular formula is C16H22N2. The molecule has 2 heterocycles. The third kappa shape index (κ3) is 1.67. The smallest absolute Gasteiger partial charge is 0.0517 e. The molecule has 0 aliphatic carbocycles. The van der Waals surface area contributed by atoms with Crippen LogP contribution < -0.4 is 5.73 Å². The molecule has 18 heavy (non-hydrogen) atoms. The third-order valence-corrected chi connectivity index (χ3v) is 4.34. The zero-order valence-electron chi connectivity index (χ0n) is 11.4. The molecule has 1 aromatic heterocycles. The maximum atomic E-state index is 5.79. The average molecular weight is 242 g/mol. The zero-order valence-corrected chi connectivity index (χ0v) is 11.4. The summed E-state index contributed by atoms with van der Waals surface area (Å²) in [7, 11) is 0. The second-order valence-corrected chi connectivity index (χ2v) is 5.68. The van der Waals surface area contributed by atoms with E-state index in [-0.39, 0.29) is 0 Å². The van der Waals surface area contributed by atoms with E-state index in [9.17, 15) is 0 Å². The molecule has 0 bridgehead atoms. The van der Waals surface area contributed by atoms with Crippen molar-refractivity contribution >= 4 is 10.9 Å². The summed E-state index contributed by atoms with van der Waals surface area (Å²) in [4.78, 5) is 0. The summed E-state index contributed by atoms with van der Waals surface area (Å²) in [5, 5.41) is 1.46. The molecule has 1 aliphatic rings. The van der Waals surface area contributed by atoms with Crippen LogP contribution in [0.2, 0.25) is 0 Å². The second-order valence-electron chi connectivity index (χ2n) is 5.68. The van der Waals surface area contributed by atoms with Crippen molar-refractivity contribution in [3.05, 3.63) is 35.0 Å². The Morgan fingerprint density at radius 2 is 2.22 bits per heavy atom. The van der Waals surface area contributed by atoms with Crippen molar-refractivity contribution in [2.75, 3.05) is 6.54 Å². The molecule has 2 nitrogen and oxygen atoms in total. The summed E-state index contributed by atoms with van der Waals surface area (Å²) in [5.41, 5.74) is 11.8. The lowest BCUT2D eigenvalue weighted by molar-refractivity contribution is 0.583. The summed E-state index contributed by atoms with van der Waals surface area (Å²) in [6, 6.07) is 6.78. The summed E-state index contributed by atoms with van der Waals surface area (Å²) in [6.07, 6.45) is 3.61. The van der Waals surface area contributed by atoms with Gasteiger partial charge in [-0.25, -0.2) is 0 Å². The van der Waals surface area contributed by atoms with Crippen LogP contribution in [0, 0.1) is 12.8 Å². The molecule has 96 valence electrons. The summed E-state index contributed by atoms with van der Waals surface area (Å²) in [5.74, 6) is 0.562. The molecular weight excluding hydrogens is 220 g/mol. The fourth-order valence-electron chi connectivity index (χ4n) is 3.28. The fraction of sp³-hybridized carbons (Fsp3) is 0.500. The molecule has 0 fully saturated rings. The van der Waals surface area contributed by atoms with E-state index in [0.717, 1.165) is 13.0 Å². The number of hydrogen-bond acceptors (Lipinski definition) is 1. The summed E-state index contributed by atoms with van der Waals surface area (Å²) < 4.78 is 2.52. The minimum atomic E-state index is 0.562. The van der Waals surface area contributed by atoms with Gasteiger partial charge in [0.1, 0.15) is 0 Å². The van der Waals surface area contributed by atoms with Gasteiger partial charge in [-0.2, -0.15) is 0 Å². The molecule has 1 unspecified atom stereocenters. The molecule has 0 radical (unpaired) electrons. The predicted octanol–water partition coefficient (Wildman–Crippen LogP) is 3.03. The Balaban J connectivity index is 2.21. The van der Waals surface area contributed by atoms with Crippen molar-refractivity contribution in [3.8, 4) is 0 Å². The lowest BCUT2D eigenvalue weighted by Crippen LogP contribution is -2.13. The molecule has 1 atom stereocenters.